The Kier molecular flexibility index (Phi) is 4.51. The van der Waals surface area contributed by atoms with Crippen LogP contribution in [0.15, 0.2) is 12.1 Å². The summed E-state index contributed by atoms with van der Waals surface area (Å²) in [5, 5.41) is 19.4. The Hall–Kier alpha value is -2.28. The van der Waals surface area contributed by atoms with Crippen LogP contribution in [0.1, 0.15) is 22.8 Å². The summed E-state index contributed by atoms with van der Waals surface area (Å²) in [5.74, 6) is -2.92. The second-order valence-corrected chi connectivity index (χ2v) is 5.68. The van der Waals surface area contributed by atoms with E-state index in [-0.39, 0.29) is 27.8 Å². The number of halogens is 2. The molecule has 118 valence electrons. The molecule has 1 aliphatic rings. The number of fused-ring (bicyclic) bond motifs is 1. The summed E-state index contributed by atoms with van der Waals surface area (Å²) in [5.41, 5.74) is -1.52. The second kappa shape index (κ2) is 6.08. The van der Waals surface area contributed by atoms with Gasteiger partial charge < -0.3 is 9.64 Å². The van der Waals surface area contributed by atoms with Gasteiger partial charge in [0.1, 0.15) is 0 Å². The van der Waals surface area contributed by atoms with Gasteiger partial charge in [0.15, 0.2) is 11.5 Å². The number of benzene rings is 1. The normalized spacial score (nSPS) is 20.4. The Morgan fingerprint density at radius 3 is 2.52 bits per heavy atom. The predicted molar refractivity (Wildman–Crippen MR) is 81.6 cm³/mol. The summed E-state index contributed by atoms with van der Waals surface area (Å²) < 4.78 is 4.88. The molecule has 23 heavy (non-hydrogen) atoms. The third-order valence-electron chi connectivity index (χ3n) is 3.77. The number of hydrogen-bond acceptors (Lipinski definition) is 5. The van der Waals surface area contributed by atoms with Crippen LogP contribution in [0, 0.1) is 28.6 Å². The molecule has 0 saturated heterocycles. The van der Waals surface area contributed by atoms with Crippen molar-refractivity contribution in [2.45, 2.75) is 12.5 Å². The average Bonchev–Trinajstić information content (AvgIpc) is 2.72. The lowest BCUT2D eigenvalue weighted by molar-refractivity contribution is -0.149. The Bertz CT molecular complexity index is 781. The third kappa shape index (κ3) is 2.31. The van der Waals surface area contributed by atoms with Gasteiger partial charge in [-0.25, -0.2) is 0 Å². The monoisotopic (exact) mass is 351 g/mol. The Morgan fingerprint density at radius 2 is 2.00 bits per heavy atom. The summed E-state index contributed by atoms with van der Waals surface area (Å²) in [6.45, 7) is 1.63. The quantitative estimate of drug-likeness (QED) is 0.779. The van der Waals surface area contributed by atoms with Gasteiger partial charge in [0.05, 0.1) is 28.8 Å². The van der Waals surface area contributed by atoms with Crippen molar-refractivity contribution in [1.82, 2.24) is 4.90 Å². The topological polar surface area (TPSA) is 94.2 Å². The molecule has 2 atom stereocenters. The van der Waals surface area contributed by atoms with Crippen LogP contribution in [0.25, 0.3) is 0 Å². The molecule has 0 spiro atoms. The van der Waals surface area contributed by atoms with Crippen LogP contribution >= 0.6 is 23.2 Å². The molecule has 6 nitrogen and oxygen atoms in total. The van der Waals surface area contributed by atoms with E-state index in [0.29, 0.717) is 0 Å². The van der Waals surface area contributed by atoms with Crippen LogP contribution in [-0.2, 0) is 15.1 Å². The standard InChI is InChI=1S/C15H11Cl2N3O3/c1-3-23-14(22)10(6-18)15(7-19)9-5-12(17)11(16)4-8(9)13(21)20(15)2/h4-5,10H,3H2,1-2H3. The van der Waals surface area contributed by atoms with Crippen molar-refractivity contribution in [3.05, 3.63) is 33.3 Å². The Morgan fingerprint density at radius 1 is 1.39 bits per heavy atom. The van der Waals surface area contributed by atoms with Crippen LogP contribution in [0.2, 0.25) is 10.0 Å². The molecule has 0 aromatic heterocycles. The minimum atomic E-state index is -1.82. The first-order valence-electron chi connectivity index (χ1n) is 6.60. The van der Waals surface area contributed by atoms with Crippen molar-refractivity contribution in [3.8, 4) is 12.1 Å². The highest BCUT2D eigenvalue weighted by molar-refractivity contribution is 6.42. The van der Waals surface area contributed by atoms with Gasteiger partial charge >= 0.3 is 5.97 Å². The zero-order chi connectivity index (χ0) is 17.4. The molecule has 1 aliphatic heterocycles. The average molecular weight is 352 g/mol. The van der Waals surface area contributed by atoms with E-state index >= 15 is 0 Å². The zero-order valence-corrected chi connectivity index (χ0v) is 13.8. The molecule has 1 aromatic rings. The highest BCUT2D eigenvalue weighted by Crippen LogP contribution is 2.46. The van der Waals surface area contributed by atoms with Gasteiger partial charge in [-0.15, -0.1) is 0 Å². The lowest BCUT2D eigenvalue weighted by atomic mass is 9.79. The molecule has 0 saturated carbocycles. The number of nitriles is 2. The SMILES string of the molecule is CCOC(=O)C(C#N)C1(C#N)c2cc(Cl)c(Cl)cc2C(=O)N1C. The number of hydrogen-bond donors (Lipinski definition) is 0. The first-order chi connectivity index (χ1) is 10.8. The van der Waals surface area contributed by atoms with E-state index < -0.39 is 23.3 Å². The molecule has 0 aliphatic carbocycles. The zero-order valence-electron chi connectivity index (χ0n) is 12.3. The number of esters is 1. The van der Waals surface area contributed by atoms with E-state index in [2.05, 4.69) is 0 Å². The summed E-state index contributed by atoms with van der Waals surface area (Å²) in [7, 11) is 1.34. The molecular weight excluding hydrogens is 341 g/mol. The first-order valence-corrected chi connectivity index (χ1v) is 7.35. The molecule has 1 aromatic carbocycles. The maximum Gasteiger partial charge on any atom is 0.327 e. The van der Waals surface area contributed by atoms with E-state index in [0.717, 1.165) is 4.90 Å². The third-order valence-corrected chi connectivity index (χ3v) is 4.50. The summed E-state index contributed by atoms with van der Waals surface area (Å²) in [4.78, 5) is 25.6. The molecule has 1 amide bonds. The van der Waals surface area contributed by atoms with Crippen molar-refractivity contribution < 1.29 is 14.3 Å². The maximum absolute atomic E-state index is 12.4. The van der Waals surface area contributed by atoms with Gasteiger partial charge in [0.2, 0.25) is 0 Å². The second-order valence-electron chi connectivity index (χ2n) is 4.87. The molecule has 1 heterocycles. The minimum Gasteiger partial charge on any atom is -0.465 e. The molecule has 0 bridgehead atoms. The van der Waals surface area contributed by atoms with Crippen LogP contribution in [-0.4, -0.2) is 30.4 Å². The van der Waals surface area contributed by atoms with Gasteiger partial charge in [0, 0.05) is 18.2 Å². The largest absolute Gasteiger partial charge is 0.465 e. The fraction of sp³-hybridized carbons (Fsp3) is 0.333. The van der Waals surface area contributed by atoms with Gasteiger partial charge in [-0.2, -0.15) is 10.5 Å². The van der Waals surface area contributed by atoms with Crippen LogP contribution in [0.4, 0.5) is 0 Å². The minimum absolute atomic E-state index is 0.0460. The number of carbonyl (C=O) groups is 2. The molecule has 0 N–H and O–H groups in total. The van der Waals surface area contributed by atoms with E-state index in [4.69, 9.17) is 27.9 Å². The molecule has 8 heteroatoms. The smallest absolute Gasteiger partial charge is 0.327 e. The first kappa shape index (κ1) is 17.1. The van der Waals surface area contributed by atoms with E-state index in [1.807, 2.05) is 6.07 Å². The lowest BCUT2D eigenvalue weighted by Crippen LogP contribution is -2.49. The van der Waals surface area contributed by atoms with Crippen LogP contribution in [0.3, 0.4) is 0 Å². The number of amides is 1. The van der Waals surface area contributed by atoms with Gasteiger partial charge in [-0.3, -0.25) is 9.59 Å². The van der Waals surface area contributed by atoms with E-state index in [1.165, 1.54) is 19.2 Å². The van der Waals surface area contributed by atoms with Crippen molar-refractivity contribution in [3.63, 3.8) is 0 Å². The molecule has 0 fully saturated rings. The van der Waals surface area contributed by atoms with Gasteiger partial charge in [-0.1, -0.05) is 23.2 Å². The fourth-order valence-electron chi connectivity index (χ4n) is 2.65. The van der Waals surface area contributed by atoms with Gasteiger partial charge in [-0.05, 0) is 19.1 Å². The molecule has 0 radical (unpaired) electrons. The van der Waals surface area contributed by atoms with Crippen molar-refractivity contribution in [2.24, 2.45) is 5.92 Å². The lowest BCUT2D eigenvalue weighted by Gasteiger charge is -2.32. The Labute approximate surface area is 142 Å². The highest BCUT2D eigenvalue weighted by atomic mass is 35.5. The van der Waals surface area contributed by atoms with Crippen molar-refractivity contribution in [2.75, 3.05) is 13.7 Å². The molecular formula is C15H11Cl2N3O3. The number of rotatable bonds is 3. The van der Waals surface area contributed by atoms with Crippen molar-refractivity contribution in [1.29, 1.82) is 10.5 Å². The Balaban J connectivity index is 2.76. The van der Waals surface area contributed by atoms with E-state index in [9.17, 15) is 20.1 Å². The van der Waals surface area contributed by atoms with E-state index in [1.54, 1.807) is 13.0 Å². The summed E-state index contributed by atoms with van der Waals surface area (Å²) in [6.07, 6.45) is 0. The number of carbonyl (C=O) groups excluding carboxylic acids is 2. The van der Waals surface area contributed by atoms with Gasteiger partial charge in [0.25, 0.3) is 5.91 Å². The summed E-state index contributed by atoms with van der Waals surface area (Å²) in [6, 6.07) is 6.38. The maximum atomic E-state index is 12.4. The fourth-order valence-corrected chi connectivity index (χ4v) is 2.98. The number of ether oxygens (including phenoxy) is 1. The summed E-state index contributed by atoms with van der Waals surface area (Å²) >= 11 is 11.9. The van der Waals surface area contributed by atoms with Crippen molar-refractivity contribution >= 4 is 35.1 Å². The molecule has 2 rings (SSSR count). The number of nitrogens with zero attached hydrogens (tertiary/aromatic N) is 3. The van der Waals surface area contributed by atoms with Crippen LogP contribution in [0.5, 0.6) is 0 Å². The highest BCUT2D eigenvalue weighted by Gasteiger charge is 2.57. The van der Waals surface area contributed by atoms with Crippen LogP contribution < -0.4 is 0 Å². The molecule has 2 unspecified atom stereocenters. The predicted octanol–water partition coefficient (Wildman–Crippen LogP) is 2.50.